The van der Waals surface area contributed by atoms with Gasteiger partial charge in [-0.05, 0) is 11.6 Å². The number of carboxylic acids is 1. The van der Waals surface area contributed by atoms with Gasteiger partial charge in [-0.2, -0.15) is 0 Å². The van der Waals surface area contributed by atoms with Crippen molar-refractivity contribution in [2.45, 2.75) is 10.8 Å². The third kappa shape index (κ3) is 1.10. The van der Waals surface area contributed by atoms with Crippen LogP contribution in [0.5, 0.6) is 0 Å². The standard InChI is InChI=1S/C9H8O2S/c10-9(11)7-5-12-8-4-2-1-3-6(7)8/h1-4,7H,5H2,(H,10,11). The summed E-state index contributed by atoms with van der Waals surface area (Å²) >= 11 is 1.62. The lowest BCUT2D eigenvalue weighted by atomic mass is 10.0. The minimum Gasteiger partial charge on any atom is -0.481 e. The summed E-state index contributed by atoms with van der Waals surface area (Å²) in [6.45, 7) is 0. The van der Waals surface area contributed by atoms with Crippen LogP contribution in [0.3, 0.4) is 0 Å². The summed E-state index contributed by atoms with van der Waals surface area (Å²) in [6.07, 6.45) is 0. The van der Waals surface area contributed by atoms with Crippen molar-refractivity contribution in [2.75, 3.05) is 5.75 Å². The molecule has 2 nitrogen and oxygen atoms in total. The molecular formula is C9H8O2S. The fourth-order valence-corrected chi connectivity index (χ4v) is 2.59. The fraction of sp³-hybridized carbons (Fsp3) is 0.222. The Labute approximate surface area is 74.6 Å². The number of hydrogen-bond donors (Lipinski definition) is 1. The quantitative estimate of drug-likeness (QED) is 0.717. The zero-order chi connectivity index (χ0) is 8.55. The molecule has 0 radical (unpaired) electrons. The van der Waals surface area contributed by atoms with Gasteiger partial charge in [0, 0.05) is 10.6 Å². The lowest BCUT2D eigenvalue weighted by Crippen LogP contribution is -2.10. The Balaban J connectivity index is 2.42. The van der Waals surface area contributed by atoms with Gasteiger partial charge in [-0.1, -0.05) is 18.2 Å². The fourth-order valence-electron chi connectivity index (χ4n) is 1.37. The molecule has 1 unspecified atom stereocenters. The molecule has 1 aromatic carbocycles. The van der Waals surface area contributed by atoms with Gasteiger partial charge >= 0.3 is 5.97 Å². The smallest absolute Gasteiger partial charge is 0.311 e. The van der Waals surface area contributed by atoms with Crippen molar-refractivity contribution in [3.05, 3.63) is 29.8 Å². The van der Waals surface area contributed by atoms with Gasteiger partial charge in [-0.3, -0.25) is 4.79 Å². The molecule has 0 saturated carbocycles. The lowest BCUT2D eigenvalue weighted by molar-refractivity contribution is -0.138. The summed E-state index contributed by atoms with van der Waals surface area (Å²) in [5.74, 6) is -0.340. The third-order valence-electron chi connectivity index (χ3n) is 2.00. The molecule has 1 aliphatic rings. The minimum atomic E-state index is -0.715. The van der Waals surface area contributed by atoms with Crippen molar-refractivity contribution in [2.24, 2.45) is 0 Å². The van der Waals surface area contributed by atoms with E-state index in [1.807, 2.05) is 24.3 Å². The highest BCUT2D eigenvalue weighted by atomic mass is 32.2. The molecule has 0 saturated heterocycles. The third-order valence-corrected chi connectivity index (χ3v) is 3.18. The molecule has 1 atom stereocenters. The molecule has 0 amide bonds. The second-order valence-electron chi connectivity index (χ2n) is 2.74. The van der Waals surface area contributed by atoms with Crippen LogP contribution in [0.4, 0.5) is 0 Å². The highest BCUT2D eigenvalue weighted by Gasteiger charge is 2.28. The van der Waals surface area contributed by atoms with Crippen LogP contribution in [0, 0.1) is 0 Å². The molecule has 0 spiro atoms. The molecule has 1 heterocycles. The summed E-state index contributed by atoms with van der Waals surface area (Å²) in [4.78, 5) is 11.9. The Morgan fingerprint density at radius 2 is 2.25 bits per heavy atom. The van der Waals surface area contributed by atoms with E-state index in [0.29, 0.717) is 5.75 Å². The molecule has 1 aliphatic heterocycles. The van der Waals surface area contributed by atoms with E-state index in [4.69, 9.17) is 5.11 Å². The van der Waals surface area contributed by atoms with E-state index in [1.54, 1.807) is 11.8 Å². The van der Waals surface area contributed by atoms with Gasteiger partial charge in [0.1, 0.15) is 0 Å². The molecule has 62 valence electrons. The van der Waals surface area contributed by atoms with Crippen molar-refractivity contribution < 1.29 is 9.90 Å². The van der Waals surface area contributed by atoms with Gasteiger partial charge in [-0.25, -0.2) is 0 Å². The zero-order valence-electron chi connectivity index (χ0n) is 6.36. The van der Waals surface area contributed by atoms with Crippen molar-refractivity contribution in [3.63, 3.8) is 0 Å². The number of carboxylic acid groups (broad SMARTS) is 1. The van der Waals surface area contributed by atoms with Gasteiger partial charge in [-0.15, -0.1) is 11.8 Å². The Morgan fingerprint density at radius 3 is 3.00 bits per heavy atom. The van der Waals surface area contributed by atoms with E-state index >= 15 is 0 Å². The lowest BCUT2D eigenvalue weighted by Gasteiger charge is -2.02. The summed E-state index contributed by atoms with van der Waals surface area (Å²) in [6, 6.07) is 7.70. The van der Waals surface area contributed by atoms with Gasteiger partial charge in [0.2, 0.25) is 0 Å². The van der Waals surface area contributed by atoms with E-state index in [-0.39, 0.29) is 5.92 Å². The second-order valence-corrected chi connectivity index (χ2v) is 3.80. The Kier molecular flexibility index (Phi) is 1.81. The number of fused-ring (bicyclic) bond motifs is 1. The Hall–Kier alpha value is -0.960. The van der Waals surface area contributed by atoms with Crippen molar-refractivity contribution >= 4 is 17.7 Å². The maximum atomic E-state index is 10.8. The maximum absolute atomic E-state index is 10.8. The predicted octanol–water partition coefficient (Wildman–Crippen LogP) is 1.96. The molecular weight excluding hydrogens is 172 g/mol. The summed E-state index contributed by atoms with van der Waals surface area (Å²) in [7, 11) is 0. The predicted molar refractivity (Wildman–Crippen MR) is 47.5 cm³/mol. The topological polar surface area (TPSA) is 37.3 Å². The van der Waals surface area contributed by atoms with Crippen LogP contribution in [0.25, 0.3) is 0 Å². The van der Waals surface area contributed by atoms with Crippen molar-refractivity contribution in [3.8, 4) is 0 Å². The molecule has 2 rings (SSSR count). The highest BCUT2D eigenvalue weighted by Crippen LogP contribution is 2.39. The molecule has 1 aromatic rings. The van der Waals surface area contributed by atoms with Crippen LogP contribution in [-0.4, -0.2) is 16.8 Å². The van der Waals surface area contributed by atoms with Crippen molar-refractivity contribution in [1.29, 1.82) is 0 Å². The van der Waals surface area contributed by atoms with Gasteiger partial charge in [0.05, 0.1) is 5.92 Å². The number of hydrogen-bond acceptors (Lipinski definition) is 2. The van der Waals surface area contributed by atoms with E-state index in [1.165, 1.54) is 0 Å². The summed E-state index contributed by atoms with van der Waals surface area (Å²) in [5.41, 5.74) is 0.968. The average Bonchev–Trinajstić information content (AvgIpc) is 2.47. The average molecular weight is 180 g/mol. The number of benzene rings is 1. The first-order valence-electron chi connectivity index (χ1n) is 3.73. The number of carbonyl (C=O) groups is 1. The van der Waals surface area contributed by atoms with Crippen LogP contribution in [-0.2, 0) is 4.79 Å². The molecule has 0 aromatic heterocycles. The monoisotopic (exact) mass is 180 g/mol. The van der Waals surface area contributed by atoms with E-state index in [0.717, 1.165) is 10.5 Å². The number of thioether (sulfide) groups is 1. The molecule has 12 heavy (non-hydrogen) atoms. The Bertz CT molecular complexity index is 322. The summed E-state index contributed by atoms with van der Waals surface area (Å²) in [5, 5.41) is 8.85. The van der Waals surface area contributed by atoms with E-state index in [2.05, 4.69) is 0 Å². The van der Waals surface area contributed by atoms with E-state index < -0.39 is 5.97 Å². The number of rotatable bonds is 1. The largest absolute Gasteiger partial charge is 0.481 e. The number of aliphatic carboxylic acids is 1. The van der Waals surface area contributed by atoms with Crippen LogP contribution >= 0.6 is 11.8 Å². The first-order valence-corrected chi connectivity index (χ1v) is 4.72. The SMILES string of the molecule is O=C(O)C1CSc2ccccc21. The first-order chi connectivity index (χ1) is 5.79. The normalized spacial score (nSPS) is 20.5. The second kappa shape index (κ2) is 2.83. The van der Waals surface area contributed by atoms with Gasteiger partial charge < -0.3 is 5.11 Å². The Morgan fingerprint density at radius 1 is 1.50 bits per heavy atom. The van der Waals surface area contributed by atoms with Crippen molar-refractivity contribution in [1.82, 2.24) is 0 Å². The zero-order valence-corrected chi connectivity index (χ0v) is 7.17. The van der Waals surface area contributed by atoms with Gasteiger partial charge in [0.25, 0.3) is 0 Å². The summed E-state index contributed by atoms with van der Waals surface area (Å²) < 4.78 is 0. The van der Waals surface area contributed by atoms with Crippen LogP contribution < -0.4 is 0 Å². The molecule has 3 heteroatoms. The first kappa shape index (κ1) is 7.68. The van der Waals surface area contributed by atoms with Crippen LogP contribution in [0.15, 0.2) is 29.2 Å². The maximum Gasteiger partial charge on any atom is 0.311 e. The minimum absolute atomic E-state index is 0.300. The molecule has 1 N–H and O–H groups in total. The molecule has 0 aliphatic carbocycles. The molecule has 0 fully saturated rings. The van der Waals surface area contributed by atoms with E-state index in [9.17, 15) is 4.79 Å². The van der Waals surface area contributed by atoms with Crippen LogP contribution in [0.1, 0.15) is 11.5 Å². The van der Waals surface area contributed by atoms with Gasteiger partial charge in [0.15, 0.2) is 0 Å². The highest BCUT2D eigenvalue weighted by molar-refractivity contribution is 7.99. The molecule has 0 bridgehead atoms. The van der Waals surface area contributed by atoms with Crippen LogP contribution in [0.2, 0.25) is 0 Å².